The van der Waals surface area contributed by atoms with Crippen molar-refractivity contribution in [3.05, 3.63) is 59.2 Å². The summed E-state index contributed by atoms with van der Waals surface area (Å²) in [5.74, 6) is 3.08. The lowest BCUT2D eigenvalue weighted by molar-refractivity contribution is 0.455. The van der Waals surface area contributed by atoms with Gasteiger partial charge >= 0.3 is 0 Å². The number of hydrogen-bond acceptors (Lipinski definition) is 3. The standard InChI is InChI=1S/C17H19NOS/c1-12-6-4-8-14-16(12)19-15-9-3-2-7-13(15)17(14)20-11-5-10-18/h2-4,6-9,17H,5,10-11,18H2,1H3. The second-order valence-electron chi connectivity index (χ2n) is 5.03. The van der Waals surface area contributed by atoms with Crippen LogP contribution in [0.25, 0.3) is 0 Å². The summed E-state index contributed by atoms with van der Waals surface area (Å²) in [6, 6.07) is 14.7. The fourth-order valence-corrected chi connectivity index (χ4v) is 3.86. The van der Waals surface area contributed by atoms with Gasteiger partial charge in [-0.05, 0) is 37.3 Å². The summed E-state index contributed by atoms with van der Waals surface area (Å²) in [6.07, 6.45) is 1.05. The molecule has 0 amide bonds. The minimum absolute atomic E-state index is 0.349. The zero-order chi connectivity index (χ0) is 13.9. The molecule has 1 unspecified atom stereocenters. The third kappa shape index (κ3) is 2.43. The summed E-state index contributed by atoms with van der Waals surface area (Å²) >= 11 is 1.96. The minimum atomic E-state index is 0.349. The molecule has 1 atom stereocenters. The second kappa shape index (κ2) is 5.90. The van der Waals surface area contributed by atoms with Gasteiger partial charge in [0.05, 0.1) is 5.25 Å². The van der Waals surface area contributed by atoms with Gasteiger partial charge in [0.1, 0.15) is 11.5 Å². The molecule has 0 fully saturated rings. The highest BCUT2D eigenvalue weighted by atomic mass is 32.2. The Labute approximate surface area is 124 Å². The first-order chi connectivity index (χ1) is 9.81. The molecule has 1 heterocycles. The Morgan fingerprint density at radius 1 is 1.10 bits per heavy atom. The van der Waals surface area contributed by atoms with Gasteiger partial charge in [-0.3, -0.25) is 0 Å². The van der Waals surface area contributed by atoms with Crippen LogP contribution in [0.5, 0.6) is 11.5 Å². The highest BCUT2D eigenvalue weighted by molar-refractivity contribution is 7.99. The molecule has 104 valence electrons. The number of ether oxygens (including phenoxy) is 1. The van der Waals surface area contributed by atoms with Crippen LogP contribution < -0.4 is 10.5 Å². The second-order valence-corrected chi connectivity index (χ2v) is 6.24. The van der Waals surface area contributed by atoms with Gasteiger partial charge in [-0.1, -0.05) is 36.4 Å². The molecule has 20 heavy (non-hydrogen) atoms. The van der Waals surface area contributed by atoms with Crippen LogP contribution in [0.15, 0.2) is 42.5 Å². The lowest BCUT2D eigenvalue weighted by Gasteiger charge is -2.29. The van der Waals surface area contributed by atoms with Crippen LogP contribution in [0.2, 0.25) is 0 Å². The number of hydrogen-bond donors (Lipinski definition) is 1. The van der Waals surface area contributed by atoms with E-state index in [4.69, 9.17) is 10.5 Å². The predicted molar refractivity (Wildman–Crippen MR) is 85.7 cm³/mol. The smallest absolute Gasteiger partial charge is 0.135 e. The number of benzene rings is 2. The molecule has 0 radical (unpaired) electrons. The quantitative estimate of drug-likeness (QED) is 0.852. The summed E-state index contributed by atoms with van der Waals surface area (Å²) in [5, 5.41) is 0.349. The van der Waals surface area contributed by atoms with Gasteiger partial charge in [-0.25, -0.2) is 0 Å². The van der Waals surface area contributed by atoms with E-state index in [2.05, 4.69) is 43.3 Å². The molecule has 3 heteroatoms. The average Bonchev–Trinajstić information content (AvgIpc) is 2.48. The minimum Gasteiger partial charge on any atom is -0.456 e. The van der Waals surface area contributed by atoms with Gasteiger partial charge in [0.25, 0.3) is 0 Å². The summed E-state index contributed by atoms with van der Waals surface area (Å²) in [6.45, 7) is 2.85. The molecule has 1 aliphatic rings. The van der Waals surface area contributed by atoms with Crippen LogP contribution in [0.1, 0.15) is 28.4 Å². The maximum atomic E-state index is 6.11. The lowest BCUT2D eigenvalue weighted by Crippen LogP contribution is -2.10. The average molecular weight is 285 g/mol. The number of fused-ring (bicyclic) bond motifs is 2. The predicted octanol–water partition coefficient (Wildman–Crippen LogP) is 4.27. The van der Waals surface area contributed by atoms with Crippen LogP contribution in [0, 0.1) is 6.92 Å². The van der Waals surface area contributed by atoms with Crippen LogP contribution in [-0.2, 0) is 0 Å². The lowest BCUT2D eigenvalue weighted by atomic mass is 9.98. The molecule has 0 bridgehead atoms. The Balaban J connectivity index is 2.01. The molecular weight excluding hydrogens is 266 g/mol. The fraction of sp³-hybridized carbons (Fsp3) is 0.294. The maximum absolute atomic E-state index is 6.11. The van der Waals surface area contributed by atoms with Crippen molar-refractivity contribution in [2.24, 2.45) is 5.73 Å². The van der Waals surface area contributed by atoms with Crippen molar-refractivity contribution in [1.29, 1.82) is 0 Å². The van der Waals surface area contributed by atoms with Gasteiger partial charge in [0.2, 0.25) is 0 Å². The summed E-state index contributed by atoms with van der Waals surface area (Å²) in [7, 11) is 0. The number of rotatable bonds is 4. The highest BCUT2D eigenvalue weighted by Crippen LogP contribution is 2.50. The van der Waals surface area contributed by atoms with Gasteiger partial charge in [-0.15, -0.1) is 11.8 Å². The number of thioether (sulfide) groups is 1. The molecule has 0 saturated carbocycles. The zero-order valence-electron chi connectivity index (χ0n) is 11.6. The number of para-hydroxylation sites is 2. The molecule has 0 spiro atoms. The molecule has 2 aromatic carbocycles. The van der Waals surface area contributed by atoms with Gasteiger partial charge in [-0.2, -0.15) is 0 Å². The van der Waals surface area contributed by atoms with E-state index in [1.54, 1.807) is 0 Å². The third-order valence-electron chi connectivity index (χ3n) is 3.57. The third-order valence-corrected chi connectivity index (χ3v) is 4.94. The Morgan fingerprint density at radius 3 is 2.75 bits per heavy atom. The van der Waals surface area contributed by atoms with Gasteiger partial charge < -0.3 is 10.5 Å². The van der Waals surface area contributed by atoms with E-state index >= 15 is 0 Å². The molecular formula is C17H19NOS. The number of aryl methyl sites for hydroxylation is 1. The highest BCUT2D eigenvalue weighted by Gasteiger charge is 2.27. The summed E-state index contributed by atoms with van der Waals surface area (Å²) in [4.78, 5) is 0. The van der Waals surface area contributed by atoms with Crippen molar-refractivity contribution in [3.8, 4) is 11.5 Å². The van der Waals surface area contributed by atoms with Crippen LogP contribution >= 0.6 is 11.8 Å². The van der Waals surface area contributed by atoms with Crippen molar-refractivity contribution in [2.45, 2.75) is 18.6 Å². The van der Waals surface area contributed by atoms with Crippen LogP contribution in [-0.4, -0.2) is 12.3 Å². The SMILES string of the molecule is Cc1cccc2c1Oc1ccccc1C2SCCCN. The van der Waals surface area contributed by atoms with Crippen molar-refractivity contribution in [1.82, 2.24) is 0 Å². The Bertz CT molecular complexity index is 612. The van der Waals surface area contributed by atoms with E-state index in [0.717, 1.165) is 30.2 Å². The van der Waals surface area contributed by atoms with Crippen LogP contribution in [0.3, 0.4) is 0 Å². The van der Waals surface area contributed by atoms with E-state index in [1.807, 2.05) is 17.8 Å². The molecule has 2 N–H and O–H groups in total. The summed E-state index contributed by atoms with van der Waals surface area (Å²) < 4.78 is 6.11. The molecule has 0 aromatic heterocycles. The van der Waals surface area contributed by atoms with Crippen LogP contribution in [0.4, 0.5) is 0 Å². The van der Waals surface area contributed by atoms with Crippen molar-refractivity contribution in [3.63, 3.8) is 0 Å². The molecule has 2 aromatic rings. The first kappa shape index (κ1) is 13.5. The Hall–Kier alpha value is -1.45. The van der Waals surface area contributed by atoms with E-state index in [-0.39, 0.29) is 0 Å². The topological polar surface area (TPSA) is 35.2 Å². The first-order valence-electron chi connectivity index (χ1n) is 6.99. The maximum Gasteiger partial charge on any atom is 0.135 e. The molecule has 3 rings (SSSR count). The molecule has 1 aliphatic heterocycles. The van der Waals surface area contributed by atoms with Crippen molar-refractivity contribution < 1.29 is 4.74 Å². The first-order valence-corrected chi connectivity index (χ1v) is 8.04. The summed E-state index contributed by atoms with van der Waals surface area (Å²) in [5.41, 5.74) is 9.37. The van der Waals surface area contributed by atoms with Gasteiger partial charge in [0, 0.05) is 11.1 Å². The van der Waals surface area contributed by atoms with Crippen molar-refractivity contribution >= 4 is 11.8 Å². The number of nitrogens with two attached hydrogens (primary N) is 1. The Kier molecular flexibility index (Phi) is 3.99. The molecule has 2 nitrogen and oxygen atoms in total. The Morgan fingerprint density at radius 2 is 1.90 bits per heavy atom. The molecule has 0 saturated heterocycles. The normalized spacial score (nSPS) is 16.2. The molecule has 0 aliphatic carbocycles. The van der Waals surface area contributed by atoms with E-state index in [9.17, 15) is 0 Å². The monoisotopic (exact) mass is 285 g/mol. The van der Waals surface area contributed by atoms with Crippen molar-refractivity contribution in [2.75, 3.05) is 12.3 Å². The van der Waals surface area contributed by atoms with E-state index in [1.165, 1.54) is 16.7 Å². The zero-order valence-corrected chi connectivity index (χ0v) is 12.5. The van der Waals surface area contributed by atoms with E-state index < -0.39 is 0 Å². The fourth-order valence-electron chi connectivity index (χ4n) is 2.55. The largest absolute Gasteiger partial charge is 0.456 e. The van der Waals surface area contributed by atoms with E-state index in [0.29, 0.717) is 5.25 Å². The van der Waals surface area contributed by atoms with Gasteiger partial charge in [0.15, 0.2) is 0 Å².